The zero-order valence-electron chi connectivity index (χ0n) is 12.3. The summed E-state index contributed by atoms with van der Waals surface area (Å²) in [6.07, 6.45) is 11.4. The number of hydrogen-bond acceptors (Lipinski definition) is 2. The Morgan fingerprint density at radius 2 is 1.67 bits per heavy atom. The van der Waals surface area contributed by atoms with Crippen molar-refractivity contribution in [3.8, 4) is 0 Å². The van der Waals surface area contributed by atoms with E-state index in [-0.39, 0.29) is 0 Å². The summed E-state index contributed by atoms with van der Waals surface area (Å²) in [5, 5.41) is 4.00. The SMILES string of the molecule is CC1(C)CCCCC1NC1CCN(C2CC2)CC1. The van der Waals surface area contributed by atoms with Crippen molar-refractivity contribution in [3.63, 3.8) is 0 Å². The first-order valence-electron chi connectivity index (χ1n) is 8.15. The number of nitrogens with zero attached hydrogens (tertiary/aromatic N) is 1. The van der Waals surface area contributed by atoms with Crippen LogP contribution >= 0.6 is 0 Å². The van der Waals surface area contributed by atoms with Gasteiger partial charge >= 0.3 is 0 Å². The van der Waals surface area contributed by atoms with E-state index in [9.17, 15) is 0 Å². The fourth-order valence-electron chi connectivity index (χ4n) is 3.96. The minimum atomic E-state index is 0.520. The van der Waals surface area contributed by atoms with Gasteiger partial charge in [-0.1, -0.05) is 26.7 Å². The lowest BCUT2D eigenvalue weighted by atomic mass is 9.73. The molecule has 3 fully saturated rings. The number of piperidine rings is 1. The summed E-state index contributed by atoms with van der Waals surface area (Å²) in [7, 11) is 0. The Kier molecular flexibility index (Phi) is 3.68. The van der Waals surface area contributed by atoms with Gasteiger partial charge in [0.25, 0.3) is 0 Å². The van der Waals surface area contributed by atoms with Crippen molar-refractivity contribution >= 4 is 0 Å². The molecular weight excluding hydrogens is 220 g/mol. The van der Waals surface area contributed by atoms with Gasteiger partial charge in [0.15, 0.2) is 0 Å². The minimum absolute atomic E-state index is 0.520. The standard InChI is InChI=1S/C16H30N2/c1-16(2)10-4-3-5-15(16)17-13-8-11-18(12-9-13)14-6-7-14/h13-15,17H,3-12H2,1-2H3. The van der Waals surface area contributed by atoms with Crippen molar-refractivity contribution < 1.29 is 0 Å². The molecule has 1 heterocycles. The number of nitrogens with one attached hydrogen (secondary N) is 1. The largest absolute Gasteiger partial charge is 0.311 e. The van der Waals surface area contributed by atoms with Crippen LogP contribution in [0, 0.1) is 5.41 Å². The van der Waals surface area contributed by atoms with Gasteiger partial charge in [0.1, 0.15) is 0 Å². The third kappa shape index (κ3) is 2.91. The van der Waals surface area contributed by atoms with Gasteiger partial charge < -0.3 is 10.2 Å². The third-order valence-corrected chi connectivity index (χ3v) is 5.54. The summed E-state index contributed by atoms with van der Waals surface area (Å²) in [6.45, 7) is 7.61. The lowest BCUT2D eigenvalue weighted by Crippen LogP contribution is -2.52. The second-order valence-electron chi connectivity index (χ2n) is 7.50. The maximum atomic E-state index is 4.00. The van der Waals surface area contributed by atoms with Crippen LogP contribution < -0.4 is 5.32 Å². The molecule has 1 unspecified atom stereocenters. The van der Waals surface area contributed by atoms with Crippen molar-refractivity contribution in [2.45, 2.75) is 83.3 Å². The van der Waals surface area contributed by atoms with Crippen LogP contribution in [0.25, 0.3) is 0 Å². The normalized spacial score (nSPS) is 34.7. The van der Waals surface area contributed by atoms with E-state index in [1.807, 2.05) is 0 Å². The molecular formula is C16H30N2. The van der Waals surface area contributed by atoms with Crippen molar-refractivity contribution in [3.05, 3.63) is 0 Å². The van der Waals surface area contributed by atoms with Crippen LogP contribution in [0.3, 0.4) is 0 Å². The Morgan fingerprint density at radius 1 is 0.944 bits per heavy atom. The molecule has 2 saturated carbocycles. The summed E-state index contributed by atoms with van der Waals surface area (Å²) < 4.78 is 0. The number of likely N-dealkylation sites (tertiary alicyclic amines) is 1. The molecule has 104 valence electrons. The van der Waals surface area contributed by atoms with Gasteiger partial charge in [-0.05, 0) is 57.0 Å². The van der Waals surface area contributed by atoms with E-state index in [1.165, 1.54) is 64.5 Å². The first kappa shape index (κ1) is 12.9. The molecule has 2 heteroatoms. The predicted octanol–water partition coefficient (Wildman–Crippen LogP) is 3.17. The van der Waals surface area contributed by atoms with Crippen molar-refractivity contribution in [1.29, 1.82) is 0 Å². The maximum absolute atomic E-state index is 4.00. The van der Waals surface area contributed by atoms with Crippen molar-refractivity contribution in [2.75, 3.05) is 13.1 Å². The highest BCUT2D eigenvalue weighted by atomic mass is 15.2. The molecule has 0 radical (unpaired) electrons. The summed E-state index contributed by atoms with van der Waals surface area (Å²) in [4.78, 5) is 2.73. The van der Waals surface area contributed by atoms with Gasteiger partial charge in [0, 0.05) is 18.1 Å². The van der Waals surface area contributed by atoms with Gasteiger partial charge in [-0.25, -0.2) is 0 Å². The molecule has 0 aromatic heterocycles. The van der Waals surface area contributed by atoms with Crippen LogP contribution in [-0.2, 0) is 0 Å². The van der Waals surface area contributed by atoms with Crippen LogP contribution in [0.2, 0.25) is 0 Å². The summed E-state index contributed by atoms with van der Waals surface area (Å²) in [5.74, 6) is 0. The Hall–Kier alpha value is -0.0800. The van der Waals surface area contributed by atoms with Crippen LogP contribution in [0.15, 0.2) is 0 Å². The van der Waals surface area contributed by atoms with Crippen molar-refractivity contribution in [2.24, 2.45) is 5.41 Å². The summed E-state index contributed by atoms with van der Waals surface area (Å²) in [6, 6.07) is 2.53. The lowest BCUT2D eigenvalue weighted by Gasteiger charge is -2.43. The van der Waals surface area contributed by atoms with E-state index < -0.39 is 0 Å². The quantitative estimate of drug-likeness (QED) is 0.827. The monoisotopic (exact) mass is 250 g/mol. The third-order valence-electron chi connectivity index (χ3n) is 5.54. The van der Waals surface area contributed by atoms with E-state index in [0.29, 0.717) is 5.41 Å². The van der Waals surface area contributed by atoms with Gasteiger partial charge in [0.05, 0.1) is 0 Å². The molecule has 0 aromatic carbocycles. The highest BCUT2D eigenvalue weighted by Crippen LogP contribution is 2.36. The van der Waals surface area contributed by atoms with E-state index in [0.717, 1.165) is 18.1 Å². The number of hydrogen-bond donors (Lipinski definition) is 1. The van der Waals surface area contributed by atoms with E-state index in [4.69, 9.17) is 0 Å². The average molecular weight is 250 g/mol. The first-order chi connectivity index (χ1) is 8.65. The first-order valence-corrected chi connectivity index (χ1v) is 8.15. The fourth-order valence-corrected chi connectivity index (χ4v) is 3.96. The van der Waals surface area contributed by atoms with Gasteiger partial charge in [0.2, 0.25) is 0 Å². The molecule has 2 nitrogen and oxygen atoms in total. The van der Waals surface area contributed by atoms with E-state index >= 15 is 0 Å². The molecule has 1 atom stereocenters. The highest BCUT2D eigenvalue weighted by Gasteiger charge is 2.36. The zero-order chi connectivity index (χ0) is 12.6. The van der Waals surface area contributed by atoms with Crippen LogP contribution in [0.5, 0.6) is 0 Å². The van der Waals surface area contributed by atoms with Crippen LogP contribution in [0.1, 0.15) is 65.2 Å². The molecule has 0 bridgehead atoms. The highest BCUT2D eigenvalue weighted by molar-refractivity contribution is 4.93. The van der Waals surface area contributed by atoms with E-state index in [1.54, 1.807) is 0 Å². The van der Waals surface area contributed by atoms with Gasteiger partial charge in [-0.15, -0.1) is 0 Å². The Balaban J connectivity index is 1.47. The minimum Gasteiger partial charge on any atom is -0.311 e. The van der Waals surface area contributed by atoms with E-state index in [2.05, 4.69) is 24.1 Å². The van der Waals surface area contributed by atoms with Crippen LogP contribution in [0.4, 0.5) is 0 Å². The molecule has 0 aromatic rings. The Labute approximate surface area is 113 Å². The second kappa shape index (κ2) is 5.13. The molecule has 18 heavy (non-hydrogen) atoms. The molecule has 1 saturated heterocycles. The molecule has 0 amide bonds. The lowest BCUT2D eigenvalue weighted by molar-refractivity contribution is 0.125. The van der Waals surface area contributed by atoms with Crippen molar-refractivity contribution in [1.82, 2.24) is 10.2 Å². The number of rotatable bonds is 3. The van der Waals surface area contributed by atoms with Gasteiger partial charge in [-0.3, -0.25) is 0 Å². The maximum Gasteiger partial charge on any atom is 0.0121 e. The second-order valence-corrected chi connectivity index (χ2v) is 7.50. The fraction of sp³-hybridized carbons (Fsp3) is 1.00. The predicted molar refractivity (Wildman–Crippen MR) is 76.8 cm³/mol. The summed E-state index contributed by atoms with van der Waals surface area (Å²) in [5.41, 5.74) is 0.520. The molecule has 3 aliphatic rings. The molecule has 3 rings (SSSR count). The Morgan fingerprint density at radius 3 is 2.28 bits per heavy atom. The summed E-state index contributed by atoms with van der Waals surface area (Å²) >= 11 is 0. The van der Waals surface area contributed by atoms with Gasteiger partial charge in [-0.2, -0.15) is 0 Å². The molecule has 1 N–H and O–H groups in total. The molecule has 1 aliphatic heterocycles. The topological polar surface area (TPSA) is 15.3 Å². The average Bonchev–Trinajstić information content (AvgIpc) is 3.17. The smallest absolute Gasteiger partial charge is 0.0121 e. The molecule has 0 spiro atoms. The zero-order valence-corrected chi connectivity index (χ0v) is 12.3. The molecule has 2 aliphatic carbocycles. The van der Waals surface area contributed by atoms with Crippen LogP contribution in [-0.4, -0.2) is 36.1 Å². The Bertz CT molecular complexity index is 275.